The average molecular weight is 211 g/mol. The molecule has 1 fully saturated rings. The molecule has 0 radical (unpaired) electrons. The maximum atomic E-state index is 8.88. The van der Waals surface area contributed by atoms with Gasteiger partial charge in [0.05, 0.1) is 17.8 Å². The van der Waals surface area contributed by atoms with Gasteiger partial charge in [-0.05, 0) is 27.8 Å². The molecule has 1 N–H and O–H groups in total. The Bertz CT molecular complexity index is 247. The lowest BCUT2D eigenvalue weighted by Gasteiger charge is -2.42. The third-order valence-electron chi connectivity index (χ3n) is 2.58. The third-order valence-corrected chi connectivity index (χ3v) is 2.58. The molecule has 1 aliphatic heterocycles. The highest BCUT2D eigenvalue weighted by Crippen LogP contribution is 2.20. The molecular weight excluding hydrogens is 190 g/mol. The molecule has 0 aromatic heterocycles. The predicted molar refractivity (Wildman–Crippen MR) is 59.5 cm³/mol. The monoisotopic (exact) mass is 211 g/mol. The van der Waals surface area contributed by atoms with Crippen LogP contribution in [0, 0.1) is 11.3 Å². The van der Waals surface area contributed by atoms with Crippen LogP contribution in [-0.4, -0.2) is 49.3 Å². The lowest BCUT2D eigenvalue weighted by Crippen LogP contribution is -2.54. The second kappa shape index (κ2) is 4.93. The van der Waals surface area contributed by atoms with Gasteiger partial charge in [0.25, 0.3) is 0 Å². The first-order chi connectivity index (χ1) is 6.96. The van der Waals surface area contributed by atoms with Gasteiger partial charge in [-0.3, -0.25) is 4.90 Å². The van der Waals surface area contributed by atoms with E-state index in [9.17, 15) is 0 Å². The van der Waals surface area contributed by atoms with Crippen LogP contribution in [-0.2, 0) is 4.74 Å². The fourth-order valence-electron chi connectivity index (χ4n) is 2.18. The van der Waals surface area contributed by atoms with E-state index in [-0.39, 0.29) is 17.7 Å². The Balaban J connectivity index is 2.52. The van der Waals surface area contributed by atoms with E-state index in [0.29, 0.717) is 0 Å². The van der Waals surface area contributed by atoms with E-state index in [2.05, 4.69) is 37.1 Å². The molecule has 4 nitrogen and oxygen atoms in total. The van der Waals surface area contributed by atoms with Gasteiger partial charge in [0.1, 0.15) is 6.04 Å². The van der Waals surface area contributed by atoms with Crippen LogP contribution in [0.25, 0.3) is 0 Å². The van der Waals surface area contributed by atoms with E-state index >= 15 is 0 Å². The highest BCUT2D eigenvalue weighted by molar-refractivity contribution is 4.93. The van der Waals surface area contributed by atoms with Crippen LogP contribution in [0.5, 0.6) is 0 Å². The summed E-state index contributed by atoms with van der Waals surface area (Å²) in [6.45, 7) is 8.83. The molecule has 0 spiro atoms. The highest BCUT2D eigenvalue weighted by atomic mass is 16.5. The number of likely N-dealkylation sites (N-methyl/N-ethyl adjacent to an activating group) is 1. The first-order valence-electron chi connectivity index (χ1n) is 5.44. The SMILES string of the molecule is CNC(C#N)CN1CC(C)OC(C)(C)C1. The normalized spacial score (nSPS) is 28.3. The molecule has 15 heavy (non-hydrogen) atoms. The Kier molecular flexibility index (Phi) is 4.09. The summed E-state index contributed by atoms with van der Waals surface area (Å²) in [6.07, 6.45) is 0.241. The van der Waals surface area contributed by atoms with E-state index in [0.717, 1.165) is 19.6 Å². The van der Waals surface area contributed by atoms with E-state index < -0.39 is 0 Å². The molecule has 86 valence electrons. The predicted octanol–water partition coefficient (Wildman–Crippen LogP) is 0.597. The molecule has 1 heterocycles. The van der Waals surface area contributed by atoms with Crippen molar-refractivity contribution in [3.05, 3.63) is 0 Å². The molecular formula is C11H21N3O. The fraction of sp³-hybridized carbons (Fsp3) is 0.909. The Morgan fingerprint density at radius 3 is 2.80 bits per heavy atom. The van der Waals surface area contributed by atoms with E-state index in [1.54, 1.807) is 0 Å². The van der Waals surface area contributed by atoms with Crippen molar-refractivity contribution in [2.24, 2.45) is 0 Å². The molecule has 0 bridgehead atoms. The minimum Gasteiger partial charge on any atom is -0.370 e. The summed E-state index contributed by atoms with van der Waals surface area (Å²) in [4.78, 5) is 2.29. The summed E-state index contributed by atoms with van der Waals surface area (Å²) >= 11 is 0. The molecule has 0 aliphatic carbocycles. The quantitative estimate of drug-likeness (QED) is 0.742. The minimum absolute atomic E-state index is 0.0916. The number of rotatable bonds is 3. The largest absolute Gasteiger partial charge is 0.370 e. The first-order valence-corrected chi connectivity index (χ1v) is 5.44. The third kappa shape index (κ3) is 3.78. The maximum Gasteiger partial charge on any atom is 0.108 e. The Morgan fingerprint density at radius 1 is 1.67 bits per heavy atom. The van der Waals surface area contributed by atoms with Gasteiger partial charge in [0.2, 0.25) is 0 Å². The van der Waals surface area contributed by atoms with Crippen molar-refractivity contribution >= 4 is 0 Å². The molecule has 0 saturated carbocycles. The second-order valence-corrected chi connectivity index (χ2v) is 4.85. The van der Waals surface area contributed by atoms with E-state index in [1.165, 1.54) is 0 Å². The van der Waals surface area contributed by atoms with Crippen molar-refractivity contribution in [3.63, 3.8) is 0 Å². The van der Waals surface area contributed by atoms with Crippen molar-refractivity contribution in [1.82, 2.24) is 10.2 Å². The number of morpholine rings is 1. The van der Waals surface area contributed by atoms with Crippen LogP contribution < -0.4 is 5.32 Å². The zero-order valence-electron chi connectivity index (χ0n) is 10.1. The zero-order chi connectivity index (χ0) is 11.5. The summed E-state index contributed by atoms with van der Waals surface area (Å²) in [5.74, 6) is 0. The van der Waals surface area contributed by atoms with Crippen LogP contribution in [0.3, 0.4) is 0 Å². The summed E-state index contributed by atoms with van der Waals surface area (Å²) in [5.41, 5.74) is -0.106. The molecule has 0 amide bonds. The van der Waals surface area contributed by atoms with Crippen LogP contribution in [0.1, 0.15) is 20.8 Å². The second-order valence-electron chi connectivity index (χ2n) is 4.85. The number of nitrogens with one attached hydrogen (secondary N) is 1. The molecule has 2 unspecified atom stereocenters. The van der Waals surface area contributed by atoms with Crippen LogP contribution in [0.4, 0.5) is 0 Å². The maximum absolute atomic E-state index is 8.88. The van der Waals surface area contributed by atoms with Gasteiger partial charge in [-0.15, -0.1) is 0 Å². The number of ether oxygens (including phenoxy) is 1. The van der Waals surface area contributed by atoms with Crippen molar-refractivity contribution in [2.75, 3.05) is 26.7 Å². The number of hydrogen-bond acceptors (Lipinski definition) is 4. The smallest absolute Gasteiger partial charge is 0.108 e. The highest BCUT2D eigenvalue weighted by Gasteiger charge is 2.31. The van der Waals surface area contributed by atoms with Gasteiger partial charge in [-0.2, -0.15) is 5.26 Å². The lowest BCUT2D eigenvalue weighted by molar-refractivity contribution is -0.129. The summed E-state index contributed by atoms with van der Waals surface area (Å²) in [7, 11) is 1.82. The van der Waals surface area contributed by atoms with Gasteiger partial charge < -0.3 is 10.1 Å². The topological polar surface area (TPSA) is 48.3 Å². The standard InChI is InChI=1S/C11H21N3O/c1-9-6-14(7-10(5-12)13-4)8-11(2,3)15-9/h9-10,13H,6-8H2,1-4H3. The van der Waals surface area contributed by atoms with Crippen LogP contribution in [0.2, 0.25) is 0 Å². The van der Waals surface area contributed by atoms with Gasteiger partial charge >= 0.3 is 0 Å². The molecule has 1 aliphatic rings. The summed E-state index contributed by atoms with van der Waals surface area (Å²) in [6, 6.07) is 2.16. The average Bonchev–Trinajstić information content (AvgIpc) is 2.10. The van der Waals surface area contributed by atoms with Crippen LogP contribution >= 0.6 is 0 Å². The first kappa shape index (κ1) is 12.4. The zero-order valence-corrected chi connectivity index (χ0v) is 10.1. The van der Waals surface area contributed by atoms with Gasteiger partial charge in [0.15, 0.2) is 0 Å². The number of nitriles is 1. The van der Waals surface area contributed by atoms with Crippen molar-refractivity contribution in [1.29, 1.82) is 5.26 Å². The van der Waals surface area contributed by atoms with Crippen LogP contribution in [0.15, 0.2) is 0 Å². The van der Waals surface area contributed by atoms with Crippen molar-refractivity contribution in [2.45, 2.75) is 38.5 Å². The molecule has 1 rings (SSSR count). The summed E-state index contributed by atoms with van der Waals surface area (Å²) < 4.78 is 5.81. The molecule has 4 heteroatoms. The fourth-order valence-corrected chi connectivity index (χ4v) is 2.18. The minimum atomic E-state index is -0.106. The van der Waals surface area contributed by atoms with Crippen molar-refractivity contribution < 1.29 is 4.74 Å². The number of hydrogen-bond donors (Lipinski definition) is 1. The molecule has 2 atom stereocenters. The van der Waals surface area contributed by atoms with Gasteiger partial charge in [-0.1, -0.05) is 0 Å². The lowest BCUT2D eigenvalue weighted by atomic mass is 10.1. The Morgan fingerprint density at radius 2 is 2.33 bits per heavy atom. The molecule has 0 aromatic rings. The molecule has 0 aromatic carbocycles. The van der Waals surface area contributed by atoms with Crippen molar-refractivity contribution in [3.8, 4) is 6.07 Å². The number of nitrogens with zero attached hydrogens (tertiary/aromatic N) is 2. The van der Waals surface area contributed by atoms with Gasteiger partial charge in [-0.25, -0.2) is 0 Å². The molecule has 1 saturated heterocycles. The van der Waals surface area contributed by atoms with E-state index in [4.69, 9.17) is 10.00 Å². The van der Waals surface area contributed by atoms with Gasteiger partial charge in [0, 0.05) is 19.6 Å². The van der Waals surface area contributed by atoms with E-state index in [1.807, 2.05) is 7.05 Å². The Hall–Kier alpha value is -0.630. The Labute approximate surface area is 92.2 Å². The summed E-state index contributed by atoms with van der Waals surface area (Å²) in [5, 5.41) is 11.9.